The van der Waals surface area contributed by atoms with Crippen LogP contribution in [0.25, 0.3) is 0 Å². The van der Waals surface area contributed by atoms with Gasteiger partial charge >= 0.3 is 0 Å². The Labute approximate surface area is 168 Å². The average molecular weight is 382 g/mol. The second kappa shape index (κ2) is 9.89. The third-order valence-corrected chi connectivity index (χ3v) is 5.76. The van der Waals surface area contributed by atoms with Crippen LogP contribution >= 0.6 is 0 Å². The van der Waals surface area contributed by atoms with Crippen LogP contribution in [0.15, 0.2) is 48.8 Å². The molecule has 2 fully saturated rings. The number of nitrogens with zero attached hydrogens (tertiary/aromatic N) is 2. The van der Waals surface area contributed by atoms with Crippen molar-refractivity contribution >= 4 is 5.69 Å². The van der Waals surface area contributed by atoms with Gasteiger partial charge in [-0.15, -0.1) is 0 Å². The summed E-state index contributed by atoms with van der Waals surface area (Å²) in [7, 11) is 0. The van der Waals surface area contributed by atoms with Crippen molar-refractivity contribution in [3.8, 4) is 5.75 Å². The summed E-state index contributed by atoms with van der Waals surface area (Å²) in [6.45, 7) is 5.49. The first-order valence-corrected chi connectivity index (χ1v) is 10.5. The van der Waals surface area contributed by atoms with E-state index in [-0.39, 0.29) is 0 Å². The second-order valence-corrected chi connectivity index (χ2v) is 7.91. The lowest BCUT2D eigenvalue weighted by Crippen LogP contribution is -2.35. The molecule has 1 aromatic heterocycles. The number of aromatic nitrogens is 1. The normalized spacial score (nSPS) is 20.4. The minimum absolute atomic E-state index is 0.482. The van der Waals surface area contributed by atoms with E-state index in [2.05, 4.69) is 45.5 Å². The van der Waals surface area contributed by atoms with Crippen LogP contribution in [0.1, 0.15) is 31.2 Å². The van der Waals surface area contributed by atoms with Gasteiger partial charge in [0.1, 0.15) is 12.4 Å². The van der Waals surface area contributed by atoms with Crippen LogP contribution in [-0.4, -0.2) is 43.9 Å². The number of anilines is 1. The van der Waals surface area contributed by atoms with Crippen molar-refractivity contribution in [3.05, 3.63) is 54.4 Å². The summed E-state index contributed by atoms with van der Waals surface area (Å²) < 4.78 is 11.9. The Bertz CT molecular complexity index is 711. The lowest BCUT2D eigenvalue weighted by atomic mass is 9.97. The van der Waals surface area contributed by atoms with Crippen molar-refractivity contribution < 1.29 is 9.47 Å². The Morgan fingerprint density at radius 2 is 1.89 bits per heavy atom. The molecule has 0 bridgehead atoms. The van der Waals surface area contributed by atoms with Crippen molar-refractivity contribution in [1.29, 1.82) is 0 Å². The number of benzene rings is 1. The largest absolute Gasteiger partial charge is 0.490 e. The third-order valence-electron chi connectivity index (χ3n) is 5.76. The summed E-state index contributed by atoms with van der Waals surface area (Å²) in [4.78, 5) is 6.81. The third kappa shape index (κ3) is 5.46. The highest BCUT2D eigenvalue weighted by Gasteiger charge is 2.20. The van der Waals surface area contributed by atoms with E-state index in [1.54, 1.807) is 0 Å². The molecule has 28 heavy (non-hydrogen) atoms. The SMILES string of the molecule is c1ccc(COCC2CCN(c3cncc(OC[C@@H]4CCCN4)c3)CC2)cc1. The molecule has 1 aromatic carbocycles. The predicted molar refractivity (Wildman–Crippen MR) is 112 cm³/mol. The molecular formula is C23H31N3O2. The molecule has 0 unspecified atom stereocenters. The van der Waals surface area contributed by atoms with Gasteiger partial charge < -0.3 is 19.7 Å². The number of piperidine rings is 1. The van der Waals surface area contributed by atoms with Crippen molar-refractivity contribution in [2.45, 2.75) is 38.3 Å². The number of ether oxygens (including phenoxy) is 2. The Balaban J connectivity index is 1.20. The molecule has 150 valence electrons. The molecular weight excluding hydrogens is 350 g/mol. The molecule has 1 N–H and O–H groups in total. The number of rotatable bonds is 8. The molecule has 1 atom stereocenters. The summed E-state index contributed by atoms with van der Waals surface area (Å²) in [5, 5.41) is 3.47. The first kappa shape index (κ1) is 19.2. The van der Waals surface area contributed by atoms with E-state index in [1.807, 2.05) is 18.5 Å². The van der Waals surface area contributed by atoms with Crippen LogP contribution in [-0.2, 0) is 11.3 Å². The zero-order chi connectivity index (χ0) is 19.0. The summed E-state index contributed by atoms with van der Waals surface area (Å²) in [6.07, 6.45) is 8.54. The number of nitrogens with one attached hydrogen (secondary N) is 1. The van der Waals surface area contributed by atoms with Crippen molar-refractivity contribution in [1.82, 2.24) is 10.3 Å². The molecule has 0 amide bonds. The first-order valence-electron chi connectivity index (χ1n) is 10.5. The number of pyridine rings is 1. The lowest BCUT2D eigenvalue weighted by molar-refractivity contribution is 0.0786. The van der Waals surface area contributed by atoms with E-state index in [0.29, 0.717) is 18.6 Å². The van der Waals surface area contributed by atoms with Crippen molar-refractivity contribution in [2.75, 3.05) is 37.7 Å². The van der Waals surface area contributed by atoms with Gasteiger partial charge in [-0.3, -0.25) is 4.98 Å². The predicted octanol–water partition coefficient (Wildman–Crippen LogP) is 3.65. The molecule has 4 rings (SSSR count). The van der Waals surface area contributed by atoms with Gasteiger partial charge in [0.2, 0.25) is 0 Å². The van der Waals surface area contributed by atoms with E-state index in [1.165, 1.54) is 24.1 Å². The highest BCUT2D eigenvalue weighted by molar-refractivity contribution is 5.48. The van der Waals surface area contributed by atoms with Crippen LogP contribution in [0.5, 0.6) is 5.75 Å². The van der Waals surface area contributed by atoms with Crippen molar-refractivity contribution in [2.24, 2.45) is 5.92 Å². The molecule has 2 aromatic rings. The van der Waals surface area contributed by atoms with Gasteiger partial charge in [0.05, 0.1) is 24.7 Å². The maximum Gasteiger partial charge on any atom is 0.139 e. The maximum atomic E-state index is 5.97. The zero-order valence-electron chi connectivity index (χ0n) is 16.6. The van der Waals surface area contributed by atoms with Gasteiger partial charge in [-0.25, -0.2) is 0 Å². The molecule has 0 spiro atoms. The Morgan fingerprint density at radius 3 is 2.68 bits per heavy atom. The summed E-state index contributed by atoms with van der Waals surface area (Å²) >= 11 is 0. The van der Waals surface area contributed by atoms with Crippen LogP contribution in [0, 0.1) is 5.92 Å². The van der Waals surface area contributed by atoms with E-state index < -0.39 is 0 Å². The summed E-state index contributed by atoms with van der Waals surface area (Å²) in [5.41, 5.74) is 2.41. The molecule has 5 heteroatoms. The minimum atomic E-state index is 0.482. The number of hydrogen-bond acceptors (Lipinski definition) is 5. The molecule has 3 heterocycles. The van der Waals surface area contributed by atoms with Gasteiger partial charge in [-0.1, -0.05) is 30.3 Å². The zero-order valence-corrected chi connectivity index (χ0v) is 16.6. The van der Waals surface area contributed by atoms with E-state index in [0.717, 1.165) is 51.4 Å². The fourth-order valence-electron chi connectivity index (χ4n) is 4.03. The molecule has 0 radical (unpaired) electrons. The Morgan fingerprint density at radius 1 is 1.04 bits per heavy atom. The molecule has 2 aliphatic rings. The second-order valence-electron chi connectivity index (χ2n) is 7.91. The fraction of sp³-hybridized carbons (Fsp3) is 0.522. The minimum Gasteiger partial charge on any atom is -0.490 e. The van der Waals surface area contributed by atoms with Gasteiger partial charge in [-0.2, -0.15) is 0 Å². The van der Waals surface area contributed by atoms with Crippen LogP contribution in [0.3, 0.4) is 0 Å². The molecule has 0 saturated carbocycles. The quantitative estimate of drug-likeness (QED) is 0.756. The monoisotopic (exact) mass is 381 g/mol. The van der Waals surface area contributed by atoms with E-state index in [4.69, 9.17) is 9.47 Å². The standard InChI is InChI=1S/C23H31N3O2/c1-2-5-19(6-3-1)16-27-17-20-8-11-26(12-9-20)22-13-23(15-24-14-22)28-18-21-7-4-10-25-21/h1-3,5-6,13-15,20-21,25H,4,7-12,16-18H2/t21-/m0/s1. The van der Waals surface area contributed by atoms with Gasteiger partial charge in [0, 0.05) is 31.8 Å². The lowest BCUT2D eigenvalue weighted by Gasteiger charge is -2.33. The summed E-state index contributed by atoms with van der Waals surface area (Å²) in [5.74, 6) is 1.51. The van der Waals surface area contributed by atoms with Crippen molar-refractivity contribution in [3.63, 3.8) is 0 Å². The first-order chi connectivity index (χ1) is 13.9. The maximum absolute atomic E-state index is 5.97. The van der Waals surface area contributed by atoms with Crippen LogP contribution in [0.2, 0.25) is 0 Å². The fourth-order valence-corrected chi connectivity index (χ4v) is 4.03. The summed E-state index contributed by atoms with van der Waals surface area (Å²) in [6, 6.07) is 13.0. The molecule has 2 saturated heterocycles. The average Bonchev–Trinajstić information content (AvgIpc) is 3.28. The Kier molecular flexibility index (Phi) is 6.79. The topological polar surface area (TPSA) is 46.6 Å². The number of hydrogen-bond donors (Lipinski definition) is 1. The molecule has 2 aliphatic heterocycles. The van der Waals surface area contributed by atoms with Gasteiger partial charge in [0.15, 0.2) is 0 Å². The highest BCUT2D eigenvalue weighted by Crippen LogP contribution is 2.26. The molecule has 0 aliphatic carbocycles. The van der Waals surface area contributed by atoms with Crippen LogP contribution in [0.4, 0.5) is 5.69 Å². The Hall–Kier alpha value is -2.11. The smallest absolute Gasteiger partial charge is 0.139 e. The van der Waals surface area contributed by atoms with E-state index in [9.17, 15) is 0 Å². The van der Waals surface area contributed by atoms with Crippen LogP contribution < -0.4 is 15.0 Å². The van der Waals surface area contributed by atoms with Gasteiger partial charge in [-0.05, 0) is 43.7 Å². The molecule has 5 nitrogen and oxygen atoms in total. The van der Waals surface area contributed by atoms with E-state index >= 15 is 0 Å². The highest BCUT2D eigenvalue weighted by atomic mass is 16.5. The van der Waals surface area contributed by atoms with Gasteiger partial charge in [0.25, 0.3) is 0 Å².